The van der Waals surface area contributed by atoms with Crippen LogP contribution in [0.15, 0.2) is 78.0 Å². The van der Waals surface area contributed by atoms with Crippen LogP contribution in [0.2, 0.25) is 0 Å². The number of aromatic nitrogens is 2. The number of aryl methyl sites for hydroxylation is 1. The van der Waals surface area contributed by atoms with E-state index < -0.39 is 11.4 Å². The predicted octanol–water partition coefficient (Wildman–Crippen LogP) is 5.96. The number of pyridine rings is 1. The summed E-state index contributed by atoms with van der Waals surface area (Å²) in [6.07, 6.45) is 10.3. The number of carbonyl (C=O) groups is 1. The molecule has 0 bridgehead atoms. The van der Waals surface area contributed by atoms with E-state index in [0.717, 1.165) is 23.1 Å². The molecule has 1 fully saturated rings. The highest BCUT2D eigenvalue weighted by Gasteiger charge is 2.23. The van der Waals surface area contributed by atoms with E-state index in [1.165, 1.54) is 39.2 Å². The van der Waals surface area contributed by atoms with Gasteiger partial charge in [0.15, 0.2) is 10.5 Å². The zero-order valence-corrected chi connectivity index (χ0v) is 23.3. The molecule has 8 heteroatoms. The molecule has 0 spiro atoms. The smallest absolute Gasteiger partial charge is 0.323 e. The maximum absolute atomic E-state index is 13.2. The summed E-state index contributed by atoms with van der Waals surface area (Å²) >= 11 is -1.42. The summed E-state index contributed by atoms with van der Waals surface area (Å²) in [4.78, 5) is 17.6. The van der Waals surface area contributed by atoms with Crippen molar-refractivity contribution >= 4 is 28.4 Å². The first-order valence-electron chi connectivity index (χ1n) is 13.5. The van der Waals surface area contributed by atoms with Gasteiger partial charge in [-0.3, -0.25) is 4.79 Å². The molecule has 2 aromatic heterocycles. The quantitative estimate of drug-likeness (QED) is 0.195. The lowest BCUT2D eigenvalue weighted by atomic mass is 9.89. The van der Waals surface area contributed by atoms with Gasteiger partial charge in [-0.2, -0.15) is 0 Å². The Morgan fingerprint density at radius 1 is 1.08 bits per heavy atom. The zero-order chi connectivity index (χ0) is 27.2. The lowest BCUT2D eigenvalue weighted by molar-refractivity contribution is -0.143. The van der Waals surface area contributed by atoms with Crippen molar-refractivity contribution in [3.05, 3.63) is 84.2 Å². The Morgan fingerprint density at radius 2 is 1.82 bits per heavy atom. The Balaban J connectivity index is 1.26. The van der Waals surface area contributed by atoms with Gasteiger partial charge >= 0.3 is 5.97 Å². The van der Waals surface area contributed by atoms with Crippen LogP contribution in [-0.2, 0) is 27.3 Å². The molecule has 0 radical (unpaired) electrons. The lowest BCUT2D eigenvalue weighted by Crippen LogP contribution is -2.42. The minimum Gasteiger partial charge on any atom is -0.587 e. The van der Waals surface area contributed by atoms with Gasteiger partial charge in [-0.1, -0.05) is 49.1 Å². The molecule has 7 nitrogen and oxygen atoms in total. The van der Waals surface area contributed by atoms with Crippen LogP contribution in [0.1, 0.15) is 43.2 Å². The van der Waals surface area contributed by atoms with Crippen molar-refractivity contribution in [2.75, 3.05) is 13.7 Å². The number of methoxy groups -OCH3 is 1. The maximum atomic E-state index is 13.2. The van der Waals surface area contributed by atoms with E-state index in [9.17, 15) is 9.35 Å². The van der Waals surface area contributed by atoms with Crippen LogP contribution in [0.4, 0.5) is 0 Å². The molecule has 1 N–H and O–H groups in total. The van der Waals surface area contributed by atoms with Gasteiger partial charge < -0.3 is 19.3 Å². The second-order valence-corrected chi connectivity index (χ2v) is 11.6. The van der Waals surface area contributed by atoms with Crippen LogP contribution in [-0.4, -0.2) is 39.2 Å². The fourth-order valence-corrected chi connectivity index (χ4v) is 6.19. The SMILES string of the molecule is COC(=O)C(Cc1ccc(Oc2ccnc3c2ccn3[S+]([O-])c2ccc(C)cc2)cc1)NCC1CCCCC1. The van der Waals surface area contributed by atoms with Crippen LogP contribution in [0.3, 0.4) is 0 Å². The number of esters is 1. The van der Waals surface area contributed by atoms with Gasteiger partial charge in [0.05, 0.1) is 18.7 Å². The Bertz CT molecular complexity index is 1380. The third-order valence-electron chi connectivity index (χ3n) is 7.37. The number of hydrogen-bond donors (Lipinski definition) is 1. The van der Waals surface area contributed by atoms with Gasteiger partial charge in [0.1, 0.15) is 28.9 Å². The van der Waals surface area contributed by atoms with Gasteiger partial charge in [-0.15, -0.1) is 3.97 Å². The average Bonchev–Trinajstić information content (AvgIpc) is 3.41. The molecular weight excluding hydrogens is 510 g/mol. The summed E-state index contributed by atoms with van der Waals surface area (Å²) in [6, 6.07) is 18.7. The highest BCUT2D eigenvalue weighted by molar-refractivity contribution is 7.90. The molecule has 39 heavy (non-hydrogen) atoms. The molecule has 0 saturated heterocycles. The maximum Gasteiger partial charge on any atom is 0.323 e. The van der Waals surface area contributed by atoms with E-state index >= 15 is 0 Å². The highest BCUT2D eigenvalue weighted by atomic mass is 32.2. The topological polar surface area (TPSA) is 88.4 Å². The van der Waals surface area contributed by atoms with Crippen LogP contribution in [0, 0.1) is 12.8 Å². The number of rotatable bonds is 10. The van der Waals surface area contributed by atoms with E-state index in [0.29, 0.717) is 34.4 Å². The molecule has 2 unspecified atom stereocenters. The third kappa shape index (κ3) is 6.64. The minimum absolute atomic E-state index is 0.238. The number of nitrogens with zero attached hydrogens (tertiary/aromatic N) is 2. The van der Waals surface area contributed by atoms with Gasteiger partial charge in [-0.25, -0.2) is 4.98 Å². The third-order valence-corrected chi connectivity index (χ3v) is 8.70. The van der Waals surface area contributed by atoms with Crippen LogP contribution < -0.4 is 10.1 Å². The molecule has 204 valence electrons. The molecule has 1 saturated carbocycles. The van der Waals surface area contributed by atoms with Crippen LogP contribution in [0.5, 0.6) is 11.5 Å². The first-order chi connectivity index (χ1) is 19.0. The fourth-order valence-electron chi connectivity index (χ4n) is 5.12. The molecule has 0 aliphatic heterocycles. The Morgan fingerprint density at radius 3 is 2.54 bits per heavy atom. The lowest BCUT2D eigenvalue weighted by Gasteiger charge is -2.24. The second-order valence-electron chi connectivity index (χ2n) is 10.2. The van der Waals surface area contributed by atoms with Gasteiger partial charge in [0.2, 0.25) is 0 Å². The van der Waals surface area contributed by atoms with Crippen molar-refractivity contribution in [1.82, 2.24) is 14.3 Å². The average molecular weight is 546 g/mol. The first-order valence-corrected chi connectivity index (χ1v) is 14.7. The van der Waals surface area contributed by atoms with E-state index in [1.807, 2.05) is 61.5 Å². The largest absolute Gasteiger partial charge is 0.587 e. The first kappa shape index (κ1) is 27.2. The molecule has 5 rings (SSSR count). The van der Waals surface area contributed by atoms with Crippen molar-refractivity contribution in [3.63, 3.8) is 0 Å². The van der Waals surface area contributed by atoms with E-state index in [-0.39, 0.29) is 12.0 Å². The Hall–Kier alpha value is -3.33. The second kappa shape index (κ2) is 12.7. The van der Waals surface area contributed by atoms with E-state index in [1.54, 1.807) is 22.4 Å². The molecule has 2 heterocycles. The van der Waals surface area contributed by atoms with Gasteiger partial charge in [-0.05, 0) is 80.6 Å². The molecule has 1 aliphatic rings. The number of hydrogen-bond acceptors (Lipinski definition) is 6. The molecule has 0 amide bonds. The summed E-state index contributed by atoms with van der Waals surface area (Å²) in [5, 5.41) is 4.23. The van der Waals surface area contributed by atoms with Crippen molar-refractivity contribution in [2.45, 2.75) is 56.4 Å². The molecule has 1 aliphatic carbocycles. The van der Waals surface area contributed by atoms with Gasteiger partial charge in [0.25, 0.3) is 0 Å². The van der Waals surface area contributed by atoms with Crippen LogP contribution in [0.25, 0.3) is 11.0 Å². The number of ether oxygens (including phenoxy) is 2. The summed E-state index contributed by atoms with van der Waals surface area (Å²) in [5.41, 5.74) is 2.73. The van der Waals surface area contributed by atoms with Crippen LogP contribution >= 0.6 is 0 Å². The van der Waals surface area contributed by atoms with Crippen molar-refractivity contribution in [3.8, 4) is 11.5 Å². The molecule has 2 aromatic carbocycles. The highest BCUT2D eigenvalue weighted by Crippen LogP contribution is 2.31. The number of fused-ring (bicyclic) bond motifs is 1. The predicted molar refractivity (Wildman–Crippen MR) is 153 cm³/mol. The summed E-state index contributed by atoms with van der Waals surface area (Å²) in [7, 11) is 1.44. The Kier molecular flexibility index (Phi) is 8.86. The van der Waals surface area contributed by atoms with Crippen molar-refractivity contribution < 1.29 is 18.8 Å². The zero-order valence-electron chi connectivity index (χ0n) is 22.5. The minimum atomic E-state index is -1.42. The molecule has 2 atom stereocenters. The molecular formula is C31H35N3O4S. The monoisotopic (exact) mass is 545 g/mol. The standard InChI is InChI=1S/C31H35N3O4S/c1-22-8-14-26(15-9-22)39(36)34-19-17-27-29(16-18-32-30(27)34)38-25-12-10-23(11-13-25)20-28(31(35)37-2)33-21-24-6-4-3-5-7-24/h8-19,24,28,33H,3-7,20-21H2,1-2H3. The van der Waals surface area contributed by atoms with Crippen molar-refractivity contribution in [2.24, 2.45) is 5.92 Å². The van der Waals surface area contributed by atoms with Gasteiger partial charge in [0, 0.05) is 6.20 Å². The van der Waals surface area contributed by atoms with E-state index in [2.05, 4.69) is 10.3 Å². The Labute approximate surface area is 232 Å². The van der Waals surface area contributed by atoms with Crippen molar-refractivity contribution in [1.29, 1.82) is 0 Å². The number of carbonyl (C=O) groups excluding carboxylic acids is 1. The molecule has 4 aromatic rings. The fraction of sp³-hybridized carbons (Fsp3) is 0.355. The summed E-state index contributed by atoms with van der Waals surface area (Å²) in [5.74, 6) is 1.69. The van der Waals surface area contributed by atoms with E-state index in [4.69, 9.17) is 9.47 Å². The normalized spacial score (nSPS) is 15.7. The number of nitrogens with one attached hydrogen (secondary N) is 1. The summed E-state index contributed by atoms with van der Waals surface area (Å²) in [6.45, 7) is 2.84. The number of benzene rings is 2. The summed E-state index contributed by atoms with van der Waals surface area (Å²) < 4.78 is 26.1.